The Labute approximate surface area is 249 Å². The van der Waals surface area contributed by atoms with Gasteiger partial charge >= 0.3 is 0 Å². The van der Waals surface area contributed by atoms with Crippen molar-refractivity contribution < 1.29 is 9.53 Å². The van der Waals surface area contributed by atoms with Crippen molar-refractivity contribution in [2.24, 2.45) is 0 Å². The highest BCUT2D eigenvalue weighted by Gasteiger charge is 2.54. The third-order valence-corrected chi connectivity index (χ3v) is 9.21. The molecular weight excluding hydrogens is 546 g/mol. The van der Waals surface area contributed by atoms with E-state index in [9.17, 15) is 0 Å². The molecule has 2 aliphatic rings. The molecule has 2 aliphatic heterocycles. The minimum absolute atomic E-state index is 0.0387. The van der Waals surface area contributed by atoms with Gasteiger partial charge in [-0.3, -0.25) is 9.69 Å². The molecule has 200 valence electrons. The molecule has 0 fully saturated rings. The number of carbonyl (C=O) groups excluding carboxylic acids is 1. The molecule has 0 unspecified atom stereocenters. The largest absolute Gasteiger partial charge is 0.462 e. The van der Waals surface area contributed by atoms with Crippen LogP contribution in [0, 0.1) is 0 Å². The van der Waals surface area contributed by atoms with E-state index in [1.165, 1.54) is 0 Å². The molecule has 1 amide bonds. The van der Waals surface area contributed by atoms with E-state index in [1.54, 1.807) is 11.8 Å². The molecule has 7 rings (SSSR count). The Bertz CT molecular complexity index is 1760. The van der Waals surface area contributed by atoms with Gasteiger partial charge in [-0.2, -0.15) is 0 Å². The van der Waals surface area contributed by atoms with Crippen LogP contribution in [0.25, 0.3) is 11.3 Å². The summed E-state index contributed by atoms with van der Waals surface area (Å²) in [5.41, 5.74) is 3.94. The molecule has 0 spiro atoms. The first-order valence-electron chi connectivity index (χ1n) is 13.6. The van der Waals surface area contributed by atoms with Crippen molar-refractivity contribution in [3.05, 3.63) is 167 Å². The normalized spacial score (nSPS) is 20.1. The second-order valence-corrected chi connectivity index (χ2v) is 11.8. The highest BCUT2D eigenvalue weighted by atomic mass is 35.5. The van der Waals surface area contributed by atoms with Crippen molar-refractivity contribution in [3.8, 4) is 0 Å². The smallest absolute Gasteiger partial charge is 0.266 e. The third kappa shape index (κ3) is 4.54. The summed E-state index contributed by atoms with van der Waals surface area (Å²) in [6.45, 7) is 0. The van der Waals surface area contributed by atoms with Crippen molar-refractivity contribution in [1.82, 2.24) is 0 Å². The average Bonchev–Trinajstić information content (AvgIpc) is 3.18. The van der Waals surface area contributed by atoms with Crippen LogP contribution in [0.1, 0.15) is 33.9 Å². The Balaban J connectivity index is 1.55. The van der Waals surface area contributed by atoms with Crippen LogP contribution in [0.2, 0.25) is 5.02 Å². The van der Waals surface area contributed by atoms with Gasteiger partial charge in [-0.15, -0.1) is 11.8 Å². The number of hydrogen-bond acceptors (Lipinski definition) is 3. The lowest BCUT2D eigenvalue weighted by molar-refractivity contribution is -0.120. The monoisotopic (exact) mass is 571 g/mol. The standard InChI is InChI=1S/C36H26ClNO2S/c37-29-20-12-17-27(23-29)32-24-36(28-18-8-3-9-19-28)38(30-21-10-11-22-31(30)41-32)35(39)33(25-13-4-1-5-14-25)34(40-36)26-15-6-2-7-16-26/h1-23,32H,24H2/t32-,36-/m0/s1. The van der Waals surface area contributed by atoms with Gasteiger partial charge in [-0.05, 0) is 35.4 Å². The fourth-order valence-electron chi connectivity index (χ4n) is 5.81. The molecule has 0 aromatic heterocycles. The van der Waals surface area contributed by atoms with E-state index >= 15 is 4.79 Å². The molecule has 0 bridgehead atoms. The predicted octanol–water partition coefficient (Wildman–Crippen LogP) is 9.36. The van der Waals surface area contributed by atoms with E-state index < -0.39 is 5.72 Å². The first kappa shape index (κ1) is 25.7. The maximum absolute atomic E-state index is 15.1. The number of halogens is 1. The molecule has 3 nitrogen and oxygen atoms in total. The number of ether oxygens (including phenoxy) is 1. The second kappa shape index (κ2) is 10.6. The number of benzene rings is 5. The van der Waals surface area contributed by atoms with Gasteiger partial charge in [0.15, 0.2) is 0 Å². The lowest BCUT2D eigenvalue weighted by Gasteiger charge is -2.48. The van der Waals surface area contributed by atoms with Gasteiger partial charge in [-0.25, -0.2) is 0 Å². The number of para-hydroxylation sites is 1. The number of nitrogens with zero attached hydrogens (tertiary/aromatic N) is 1. The summed E-state index contributed by atoms with van der Waals surface area (Å²) in [5.74, 6) is 0.487. The van der Waals surface area contributed by atoms with Crippen molar-refractivity contribution in [2.75, 3.05) is 4.90 Å². The zero-order chi connectivity index (χ0) is 27.8. The van der Waals surface area contributed by atoms with Crippen LogP contribution in [0.4, 0.5) is 5.69 Å². The molecule has 0 aliphatic carbocycles. The van der Waals surface area contributed by atoms with Crippen LogP contribution in [0.3, 0.4) is 0 Å². The summed E-state index contributed by atoms with van der Waals surface area (Å²) < 4.78 is 7.34. The van der Waals surface area contributed by atoms with Crippen LogP contribution >= 0.6 is 23.4 Å². The van der Waals surface area contributed by atoms with Gasteiger partial charge in [0.1, 0.15) is 5.76 Å². The molecular formula is C36H26ClNO2S. The zero-order valence-corrected chi connectivity index (χ0v) is 23.7. The summed E-state index contributed by atoms with van der Waals surface area (Å²) in [6, 6.07) is 46.0. The van der Waals surface area contributed by atoms with E-state index in [0.717, 1.165) is 32.8 Å². The lowest BCUT2D eigenvalue weighted by atomic mass is 9.87. The number of fused-ring (bicyclic) bond motifs is 3. The topological polar surface area (TPSA) is 29.5 Å². The SMILES string of the molecule is O=C1C(c2ccccc2)=C(c2ccccc2)O[C@]2(c3ccccc3)C[C@@H](c3cccc(Cl)c3)Sc3ccccc3N12. The molecule has 41 heavy (non-hydrogen) atoms. The quantitative estimate of drug-likeness (QED) is 0.215. The Hall–Kier alpha value is -4.25. The van der Waals surface area contributed by atoms with E-state index in [-0.39, 0.29) is 11.2 Å². The van der Waals surface area contributed by atoms with Gasteiger partial charge in [0.25, 0.3) is 5.91 Å². The molecule has 0 radical (unpaired) electrons. The predicted molar refractivity (Wildman–Crippen MR) is 167 cm³/mol. The zero-order valence-electron chi connectivity index (χ0n) is 22.1. The second-order valence-electron chi connectivity index (χ2n) is 10.2. The molecule has 5 aromatic carbocycles. The van der Waals surface area contributed by atoms with Gasteiger partial charge < -0.3 is 4.74 Å². The highest BCUT2D eigenvalue weighted by Crippen LogP contribution is 2.58. The Kier molecular flexibility index (Phi) is 6.66. The van der Waals surface area contributed by atoms with Crippen molar-refractivity contribution in [1.29, 1.82) is 0 Å². The van der Waals surface area contributed by atoms with Gasteiger partial charge in [0.05, 0.1) is 11.3 Å². The van der Waals surface area contributed by atoms with Gasteiger partial charge in [0, 0.05) is 32.7 Å². The highest BCUT2D eigenvalue weighted by molar-refractivity contribution is 7.99. The van der Waals surface area contributed by atoms with E-state index in [4.69, 9.17) is 16.3 Å². The summed E-state index contributed by atoms with van der Waals surface area (Å²) >= 11 is 8.24. The summed E-state index contributed by atoms with van der Waals surface area (Å²) in [6.07, 6.45) is 0.515. The first-order valence-corrected chi connectivity index (χ1v) is 14.9. The Morgan fingerprint density at radius 3 is 2.07 bits per heavy atom. The maximum Gasteiger partial charge on any atom is 0.266 e. The number of hydrogen-bond donors (Lipinski definition) is 0. The van der Waals surface area contributed by atoms with Crippen molar-refractivity contribution in [2.45, 2.75) is 22.3 Å². The first-order chi connectivity index (χ1) is 20.1. The number of carbonyl (C=O) groups is 1. The fraction of sp³-hybridized carbons (Fsp3) is 0.0833. The Morgan fingerprint density at radius 2 is 1.37 bits per heavy atom. The fourth-order valence-corrected chi connectivity index (χ4v) is 7.35. The molecule has 0 saturated carbocycles. The molecule has 0 N–H and O–H groups in total. The van der Waals surface area contributed by atoms with Crippen LogP contribution < -0.4 is 4.90 Å². The van der Waals surface area contributed by atoms with Crippen LogP contribution in [0.15, 0.2) is 144 Å². The summed E-state index contributed by atoms with van der Waals surface area (Å²) in [4.78, 5) is 18.0. The van der Waals surface area contributed by atoms with E-state index in [0.29, 0.717) is 22.8 Å². The van der Waals surface area contributed by atoms with Crippen molar-refractivity contribution in [3.63, 3.8) is 0 Å². The number of amides is 1. The molecule has 2 atom stereocenters. The minimum Gasteiger partial charge on any atom is -0.462 e. The maximum atomic E-state index is 15.1. The average molecular weight is 572 g/mol. The number of anilines is 1. The van der Waals surface area contributed by atoms with Gasteiger partial charge in [0.2, 0.25) is 5.72 Å². The third-order valence-electron chi connectivity index (χ3n) is 7.66. The van der Waals surface area contributed by atoms with Gasteiger partial charge in [-0.1, -0.05) is 127 Å². The van der Waals surface area contributed by atoms with Crippen LogP contribution in [-0.2, 0) is 15.3 Å². The molecule has 2 heterocycles. The number of thioether (sulfide) groups is 1. The lowest BCUT2D eigenvalue weighted by Crippen LogP contribution is -2.55. The van der Waals surface area contributed by atoms with E-state index in [2.05, 4.69) is 24.3 Å². The molecule has 0 saturated heterocycles. The van der Waals surface area contributed by atoms with E-state index in [1.807, 2.05) is 120 Å². The molecule has 5 aromatic rings. The molecule has 5 heteroatoms. The summed E-state index contributed by atoms with van der Waals surface area (Å²) in [5, 5.41) is 0.645. The minimum atomic E-state index is -1.12. The van der Waals surface area contributed by atoms with Crippen LogP contribution in [-0.4, -0.2) is 5.91 Å². The number of rotatable bonds is 4. The Morgan fingerprint density at radius 1 is 0.732 bits per heavy atom. The summed E-state index contributed by atoms with van der Waals surface area (Å²) in [7, 11) is 0. The van der Waals surface area contributed by atoms with Crippen molar-refractivity contribution >= 4 is 46.3 Å². The van der Waals surface area contributed by atoms with Crippen LogP contribution in [0.5, 0.6) is 0 Å².